The van der Waals surface area contributed by atoms with Gasteiger partial charge in [0.25, 0.3) is 0 Å². The van der Waals surface area contributed by atoms with Crippen molar-refractivity contribution in [2.75, 3.05) is 20.3 Å². The Morgan fingerprint density at radius 2 is 2.05 bits per heavy atom. The van der Waals surface area contributed by atoms with Crippen molar-refractivity contribution < 1.29 is 14.9 Å². The highest BCUT2D eigenvalue weighted by molar-refractivity contribution is 6.30. The molecule has 0 unspecified atom stereocenters. The van der Waals surface area contributed by atoms with Crippen LogP contribution in [0.4, 0.5) is 0 Å². The predicted molar refractivity (Wildman–Crippen MR) is 79.4 cm³/mol. The number of phenolic OH excluding ortho intramolecular Hbond substituents is 1. The van der Waals surface area contributed by atoms with Crippen molar-refractivity contribution >= 4 is 11.6 Å². The molecule has 0 saturated heterocycles. The molecular weight excluding hydrogens is 278 g/mol. The van der Waals surface area contributed by atoms with Crippen molar-refractivity contribution in [3.8, 4) is 11.5 Å². The zero-order chi connectivity index (χ0) is 14.6. The summed E-state index contributed by atoms with van der Waals surface area (Å²) in [5.74, 6) is 0.501. The Bertz CT molecular complexity index is 459. The number of halogens is 1. The van der Waals surface area contributed by atoms with Crippen LogP contribution in [0, 0.1) is 5.41 Å². The van der Waals surface area contributed by atoms with Crippen LogP contribution in [0.2, 0.25) is 5.02 Å². The summed E-state index contributed by atoms with van der Waals surface area (Å²) < 4.78 is 5.09. The SMILES string of the molecule is COc1cc(Cl)cc(CNCC2(CO)CCCC2)c1O. The van der Waals surface area contributed by atoms with E-state index in [1.165, 1.54) is 20.0 Å². The van der Waals surface area contributed by atoms with E-state index in [4.69, 9.17) is 16.3 Å². The first kappa shape index (κ1) is 15.4. The number of phenols is 1. The van der Waals surface area contributed by atoms with Crippen LogP contribution >= 0.6 is 11.6 Å². The van der Waals surface area contributed by atoms with Gasteiger partial charge in [-0.3, -0.25) is 0 Å². The van der Waals surface area contributed by atoms with Crippen LogP contribution in [-0.4, -0.2) is 30.5 Å². The molecule has 1 aromatic rings. The number of benzene rings is 1. The molecule has 4 nitrogen and oxygen atoms in total. The fraction of sp³-hybridized carbons (Fsp3) is 0.600. The molecule has 2 rings (SSSR count). The highest BCUT2D eigenvalue weighted by Gasteiger charge is 2.32. The van der Waals surface area contributed by atoms with Gasteiger partial charge in [0.1, 0.15) is 0 Å². The minimum absolute atomic E-state index is 0.00171. The van der Waals surface area contributed by atoms with Gasteiger partial charge in [-0.1, -0.05) is 24.4 Å². The van der Waals surface area contributed by atoms with Gasteiger partial charge in [0.15, 0.2) is 11.5 Å². The summed E-state index contributed by atoms with van der Waals surface area (Å²) in [7, 11) is 1.50. The molecule has 0 heterocycles. The number of hydrogen-bond donors (Lipinski definition) is 3. The molecular formula is C15H22ClNO3. The van der Waals surface area contributed by atoms with Gasteiger partial charge in [-0.25, -0.2) is 0 Å². The summed E-state index contributed by atoms with van der Waals surface area (Å²) in [6, 6.07) is 3.32. The molecule has 0 spiro atoms. The first-order chi connectivity index (χ1) is 9.60. The van der Waals surface area contributed by atoms with Crippen LogP contribution in [-0.2, 0) is 6.54 Å². The number of ether oxygens (including phenoxy) is 1. The van der Waals surface area contributed by atoms with Gasteiger partial charge in [0, 0.05) is 41.8 Å². The second-order valence-electron chi connectivity index (χ2n) is 5.58. The van der Waals surface area contributed by atoms with E-state index in [2.05, 4.69) is 5.32 Å². The minimum Gasteiger partial charge on any atom is -0.504 e. The molecule has 0 atom stereocenters. The first-order valence-electron chi connectivity index (χ1n) is 6.97. The largest absolute Gasteiger partial charge is 0.504 e. The molecule has 3 N–H and O–H groups in total. The van der Waals surface area contributed by atoms with Crippen LogP contribution in [0.5, 0.6) is 11.5 Å². The van der Waals surface area contributed by atoms with Crippen molar-refractivity contribution in [2.24, 2.45) is 5.41 Å². The second-order valence-corrected chi connectivity index (χ2v) is 6.02. The van der Waals surface area contributed by atoms with Crippen molar-refractivity contribution in [1.82, 2.24) is 5.32 Å². The fourth-order valence-electron chi connectivity index (χ4n) is 2.90. The fourth-order valence-corrected chi connectivity index (χ4v) is 3.13. The third kappa shape index (κ3) is 3.37. The van der Waals surface area contributed by atoms with Gasteiger partial charge >= 0.3 is 0 Å². The Labute approximate surface area is 124 Å². The number of nitrogens with one attached hydrogen (secondary N) is 1. The average Bonchev–Trinajstić information content (AvgIpc) is 2.91. The average molecular weight is 300 g/mol. The molecule has 20 heavy (non-hydrogen) atoms. The van der Waals surface area contributed by atoms with E-state index in [1.54, 1.807) is 12.1 Å². The Kier molecular flexibility index (Phi) is 5.13. The molecule has 1 saturated carbocycles. The summed E-state index contributed by atoms with van der Waals surface area (Å²) in [4.78, 5) is 0. The van der Waals surface area contributed by atoms with Crippen LogP contribution in [0.1, 0.15) is 31.2 Å². The Balaban J connectivity index is 1.99. The zero-order valence-corrected chi connectivity index (χ0v) is 12.5. The highest BCUT2D eigenvalue weighted by Crippen LogP contribution is 2.37. The minimum atomic E-state index is -0.00171. The van der Waals surface area contributed by atoms with Crippen molar-refractivity contribution in [3.05, 3.63) is 22.7 Å². The number of aliphatic hydroxyl groups excluding tert-OH is 1. The monoisotopic (exact) mass is 299 g/mol. The van der Waals surface area contributed by atoms with Crippen molar-refractivity contribution in [1.29, 1.82) is 0 Å². The summed E-state index contributed by atoms with van der Waals surface area (Å²) in [6.07, 6.45) is 4.47. The number of aromatic hydroxyl groups is 1. The van der Waals surface area contributed by atoms with E-state index in [0.717, 1.165) is 19.4 Å². The molecule has 0 aromatic heterocycles. The lowest BCUT2D eigenvalue weighted by Gasteiger charge is -2.26. The van der Waals surface area contributed by atoms with E-state index < -0.39 is 0 Å². The van der Waals surface area contributed by atoms with Crippen LogP contribution in [0.25, 0.3) is 0 Å². The Morgan fingerprint density at radius 3 is 2.65 bits per heavy atom. The smallest absolute Gasteiger partial charge is 0.162 e. The van der Waals surface area contributed by atoms with Crippen LogP contribution < -0.4 is 10.1 Å². The molecule has 112 valence electrons. The maximum atomic E-state index is 10.1. The van der Waals surface area contributed by atoms with E-state index in [9.17, 15) is 10.2 Å². The molecule has 1 fully saturated rings. The maximum absolute atomic E-state index is 10.1. The van der Waals surface area contributed by atoms with Gasteiger partial charge in [-0.15, -0.1) is 0 Å². The first-order valence-corrected chi connectivity index (χ1v) is 7.35. The number of rotatable bonds is 6. The number of aliphatic hydroxyl groups is 1. The standard InChI is InChI=1S/C15H22ClNO3/c1-20-13-7-12(16)6-11(14(13)19)8-17-9-15(10-18)4-2-3-5-15/h6-7,17-19H,2-5,8-10H2,1H3. The number of hydrogen-bond acceptors (Lipinski definition) is 4. The summed E-state index contributed by atoms with van der Waals surface area (Å²) >= 11 is 6.00. The molecule has 1 aromatic carbocycles. The molecule has 0 bridgehead atoms. The number of methoxy groups -OCH3 is 1. The normalized spacial score (nSPS) is 17.4. The topological polar surface area (TPSA) is 61.7 Å². The Hall–Kier alpha value is -0.970. The zero-order valence-electron chi connectivity index (χ0n) is 11.8. The maximum Gasteiger partial charge on any atom is 0.162 e. The molecule has 1 aliphatic carbocycles. The Morgan fingerprint density at radius 1 is 1.35 bits per heavy atom. The quantitative estimate of drug-likeness (QED) is 0.756. The van der Waals surface area contributed by atoms with E-state index in [0.29, 0.717) is 22.9 Å². The molecule has 0 radical (unpaired) electrons. The van der Waals surface area contributed by atoms with Crippen LogP contribution in [0.15, 0.2) is 12.1 Å². The third-order valence-electron chi connectivity index (χ3n) is 4.15. The molecule has 0 amide bonds. The van der Waals surface area contributed by atoms with Gasteiger partial charge in [-0.05, 0) is 18.9 Å². The molecule has 0 aliphatic heterocycles. The highest BCUT2D eigenvalue weighted by atomic mass is 35.5. The summed E-state index contributed by atoms with van der Waals surface area (Å²) in [5, 5.41) is 23.5. The van der Waals surface area contributed by atoms with Gasteiger partial charge < -0.3 is 20.3 Å². The van der Waals surface area contributed by atoms with Crippen molar-refractivity contribution in [2.45, 2.75) is 32.2 Å². The van der Waals surface area contributed by atoms with Gasteiger partial charge in [0.05, 0.1) is 7.11 Å². The van der Waals surface area contributed by atoms with Gasteiger partial charge in [-0.2, -0.15) is 0 Å². The lowest BCUT2D eigenvalue weighted by atomic mass is 9.87. The second kappa shape index (κ2) is 6.66. The molecule has 1 aliphatic rings. The molecule has 5 heteroatoms. The third-order valence-corrected chi connectivity index (χ3v) is 4.37. The predicted octanol–water partition coefficient (Wildman–Crippen LogP) is 2.70. The lowest BCUT2D eigenvalue weighted by molar-refractivity contribution is 0.128. The van der Waals surface area contributed by atoms with Gasteiger partial charge in [0.2, 0.25) is 0 Å². The van der Waals surface area contributed by atoms with Crippen molar-refractivity contribution in [3.63, 3.8) is 0 Å². The van der Waals surface area contributed by atoms with E-state index in [-0.39, 0.29) is 17.8 Å². The van der Waals surface area contributed by atoms with Crippen LogP contribution in [0.3, 0.4) is 0 Å². The van der Waals surface area contributed by atoms with E-state index in [1.807, 2.05) is 0 Å². The summed E-state index contributed by atoms with van der Waals surface area (Å²) in [5.41, 5.74) is 0.707. The van der Waals surface area contributed by atoms with E-state index >= 15 is 0 Å². The summed E-state index contributed by atoms with van der Waals surface area (Å²) in [6.45, 7) is 1.47. The lowest BCUT2D eigenvalue weighted by Crippen LogP contribution is -2.34.